The highest BCUT2D eigenvalue weighted by Gasteiger charge is 2.45. The third-order valence-corrected chi connectivity index (χ3v) is 6.58. The van der Waals surface area contributed by atoms with Crippen molar-refractivity contribution in [1.82, 2.24) is 0 Å². The van der Waals surface area contributed by atoms with Gasteiger partial charge in [-0.2, -0.15) is 0 Å². The van der Waals surface area contributed by atoms with E-state index in [0.29, 0.717) is 0 Å². The van der Waals surface area contributed by atoms with Crippen LogP contribution < -0.4 is 4.74 Å². The van der Waals surface area contributed by atoms with Crippen LogP contribution >= 0.6 is 0 Å². The average molecular weight is 414 g/mol. The first-order valence-electron chi connectivity index (χ1n) is 10.5. The smallest absolute Gasteiger partial charge is 0.118 e. The lowest BCUT2D eigenvalue weighted by molar-refractivity contribution is -0.231. The summed E-state index contributed by atoms with van der Waals surface area (Å²) < 4.78 is 11.1. The molecular weight excluding hydrogens is 384 g/mol. The zero-order chi connectivity index (χ0) is 21.4. The van der Waals surface area contributed by atoms with E-state index < -0.39 is 37.1 Å². The molecule has 2 aromatic carbocycles. The summed E-state index contributed by atoms with van der Waals surface area (Å²) in [6.45, 7) is 1.72. The third kappa shape index (κ3) is 3.74. The number of aliphatic hydroxyl groups is 4. The molecule has 1 saturated heterocycles. The van der Waals surface area contributed by atoms with Gasteiger partial charge in [-0.3, -0.25) is 0 Å². The molecule has 6 nitrogen and oxygen atoms in total. The fourth-order valence-electron chi connectivity index (χ4n) is 4.81. The Labute approximate surface area is 176 Å². The first kappa shape index (κ1) is 21.3. The highest BCUT2D eigenvalue weighted by atomic mass is 16.5. The van der Waals surface area contributed by atoms with Crippen LogP contribution in [0.2, 0.25) is 0 Å². The summed E-state index contributed by atoms with van der Waals surface area (Å²) in [6.07, 6.45) is -2.04. The van der Waals surface area contributed by atoms with Gasteiger partial charge in [-0.25, -0.2) is 0 Å². The molecule has 0 spiro atoms. The fourth-order valence-corrected chi connectivity index (χ4v) is 4.81. The quantitative estimate of drug-likeness (QED) is 0.593. The highest BCUT2D eigenvalue weighted by Crippen LogP contribution is 2.40. The van der Waals surface area contributed by atoms with Crippen LogP contribution in [0, 0.1) is 6.92 Å². The molecule has 2 aromatic rings. The van der Waals surface area contributed by atoms with Gasteiger partial charge in [0.25, 0.3) is 0 Å². The molecule has 0 unspecified atom stereocenters. The number of aliphatic hydroxyl groups excluding tert-OH is 4. The highest BCUT2D eigenvalue weighted by molar-refractivity contribution is 5.50. The van der Waals surface area contributed by atoms with Crippen LogP contribution in [0.5, 0.6) is 5.75 Å². The summed E-state index contributed by atoms with van der Waals surface area (Å²) in [6, 6.07) is 10.0. The topological polar surface area (TPSA) is 99.4 Å². The Morgan fingerprint density at radius 3 is 2.37 bits per heavy atom. The van der Waals surface area contributed by atoms with Crippen LogP contribution in [-0.4, -0.2) is 58.6 Å². The van der Waals surface area contributed by atoms with Crippen molar-refractivity contribution in [2.45, 2.75) is 63.1 Å². The summed E-state index contributed by atoms with van der Waals surface area (Å²) in [7, 11) is 1.65. The van der Waals surface area contributed by atoms with E-state index in [-0.39, 0.29) is 0 Å². The van der Waals surface area contributed by atoms with Crippen molar-refractivity contribution < 1.29 is 29.9 Å². The molecule has 2 aliphatic rings. The largest absolute Gasteiger partial charge is 0.497 e. The Balaban J connectivity index is 1.73. The third-order valence-electron chi connectivity index (χ3n) is 6.58. The molecule has 1 fully saturated rings. The molecule has 1 aliphatic carbocycles. The second-order valence-corrected chi connectivity index (χ2v) is 8.33. The molecule has 1 heterocycles. The number of methoxy groups -OCH3 is 1. The normalized spacial score (nSPS) is 28.4. The number of hydrogen-bond acceptors (Lipinski definition) is 6. The lowest BCUT2D eigenvalue weighted by atomic mass is 9.84. The van der Waals surface area contributed by atoms with E-state index in [0.717, 1.165) is 53.7 Å². The van der Waals surface area contributed by atoms with Gasteiger partial charge in [-0.15, -0.1) is 0 Å². The molecular formula is C24H30O6. The monoisotopic (exact) mass is 414 g/mol. The Bertz CT molecular complexity index is 892. The van der Waals surface area contributed by atoms with Gasteiger partial charge in [0.2, 0.25) is 0 Å². The van der Waals surface area contributed by atoms with Gasteiger partial charge in [0.05, 0.1) is 13.7 Å². The number of rotatable bonds is 5. The maximum absolute atomic E-state index is 10.7. The fraction of sp³-hybridized carbons (Fsp3) is 0.500. The van der Waals surface area contributed by atoms with Crippen LogP contribution in [0.4, 0.5) is 0 Å². The second kappa shape index (κ2) is 8.65. The van der Waals surface area contributed by atoms with Crippen molar-refractivity contribution in [2.24, 2.45) is 0 Å². The molecule has 0 amide bonds. The number of hydrogen-bond donors (Lipinski definition) is 4. The molecule has 30 heavy (non-hydrogen) atoms. The maximum atomic E-state index is 10.7. The Morgan fingerprint density at radius 1 is 1.00 bits per heavy atom. The van der Waals surface area contributed by atoms with Crippen molar-refractivity contribution >= 4 is 0 Å². The van der Waals surface area contributed by atoms with Gasteiger partial charge in [0, 0.05) is 0 Å². The van der Waals surface area contributed by atoms with Crippen molar-refractivity contribution in [3.63, 3.8) is 0 Å². The van der Waals surface area contributed by atoms with Gasteiger partial charge in [-0.1, -0.05) is 18.2 Å². The molecule has 162 valence electrons. The zero-order valence-electron chi connectivity index (χ0n) is 17.4. The minimum Gasteiger partial charge on any atom is -0.497 e. The molecule has 0 aromatic heterocycles. The summed E-state index contributed by atoms with van der Waals surface area (Å²) in [5.74, 6) is 0.812. The summed E-state index contributed by atoms with van der Waals surface area (Å²) in [5.41, 5.74) is 6.85. The Hall–Kier alpha value is -1.96. The van der Waals surface area contributed by atoms with Gasteiger partial charge < -0.3 is 29.9 Å². The number of benzene rings is 2. The molecule has 4 rings (SSSR count). The van der Waals surface area contributed by atoms with Crippen LogP contribution in [-0.2, 0) is 24.0 Å². The Morgan fingerprint density at radius 2 is 1.70 bits per heavy atom. The summed E-state index contributed by atoms with van der Waals surface area (Å²) >= 11 is 0. The van der Waals surface area contributed by atoms with Crippen LogP contribution in [0.25, 0.3) is 0 Å². The van der Waals surface area contributed by atoms with Crippen LogP contribution in [0.3, 0.4) is 0 Å². The second-order valence-electron chi connectivity index (χ2n) is 8.33. The van der Waals surface area contributed by atoms with Gasteiger partial charge >= 0.3 is 0 Å². The zero-order valence-corrected chi connectivity index (χ0v) is 17.4. The van der Waals surface area contributed by atoms with E-state index in [4.69, 9.17) is 9.47 Å². The molecule has 6 heteroatoms. The number of ether oxygens (including phenoxy) is 2. The predicted molar refractivity (Wildman–Crippen MR) is 112 cm³/mol. The number of fused-ring (bicyclic) bond motifs is 1. The van der Waals surface area contributed by atoms with E-state index in [1.807, 2.05) is 24.3 Å². The minimum atomic E-state index is -1.37. The first-order chi connectivity index (χ1) is 14.4. The van der Waals surface area contributed by atoms with Gasteiger partial charge in [-0.05, 0) is 78.1 Å². The van der Waals surface area contributed by atoms with Crippen molar-refractivity contribution in [3.8, 4) is 5.75 Å². The Kier molecular flexibility index (Phi) is 6.14. The summed E-state index contributed by atoms with van der Waals surface area (Å²) in [4.78, 5) is 0. The van der Waals surface area contributed by atoms with Gasteiger partial charge in [0.15, 0.2) is 0 Å². The first-order valence-corrected chi connectivity index (χ1v) is 10.5. The van der Waals surface area contributed by atoms with E-state index >= 15 is 0 Å². The van der Waals surface area contributed by atoms with E-state index in [1.165, 1.54) is 11.1 Å². The van der Waals surface area contributed by atoms with E-state index in [2.05, 4.69) is 13.0 Å². The van der Waals surface area contributed by atoms with Crippen molar-refractivity contribution in [2.75, 3.05) is 13.7 Å². The predicted octanol–water partition coefficient (Wildman–Crippen LogP) is 1.60. The summed E-state index contributed by atoms with van der Waals surface area (Å²) in [5, 5.41) is 40.7. The lowest BCUT2D eigenvalue weighted by Crippen LogP contribution is -2.55. The standard InChI is InChI=1S/C24H30O6/c1-13-15(10-14-6-8-16(29-2)9-7-14)11-19(18-5-3-4-17(13)18)24-23(28)22(27)21(26)20(12-25)30-24/h6-9,11,20-28H,3-5,10,12H2,1-2H3/t20-,21+,22+,23+,24+/m1/s1. The van der Waals surface area contributed by atoms with Crippen molar-refractivity contribution in [3.05, 3.63) is 63.7 Å². The van der Waals surface area contributed by atoms with E-state index in [9.17, 15) is 20.4 Å². The van der Waals surface area contributed by atoms with Crippen LogP contribution in [0.15, 0.2) is 30.3 Å². The van der Waals surface area contributed by atoms with Crippen molar-refractivity contribution in [1.29, 1.82) is 0 Å². The molecule has 5 atom stereocenters. The molecule has 4 N–H and O–H groups in total. The minimum absolute atomic E-state index is 0.422. The lowest BCUT2D eigenvalue weighted by Gasteiger charge is -2.41. The molecule has 0 bridgehead atoms. The molecule has 0 saturated carbocycles. The molecule has 0 radical (unpaired) electrons. The maximum Gasteiger partial charge on any atom is 0.118 e. The van der Waals surface area contributed by atoms with E-state index in [1.54, 1.807) is 7.11 Å². The SMILES string of the molecule is COc1ccc(Cc2cc([C@@H]3O[C@H](CO)[C@H](O)[C@H](O)[C@@H]3O)c3c(c2C)CCC3)cc1. The average Bonchev–Trinajstić information content (AvgIpc) is 3.26. The molecule has 1 aliphatic heterocycles. The van der Waals surface area contributed by atoms with Crippen LogP contribution in [0.1, 0.15) is 45.9 Å². The van der Waals surface area contributed by atoms with Gasteiger partial charge in [0.1, 0.15) is 36.3 Å².